The lowest BCUT2D eigenvalue weighted by Crippen LogP contribution is -2.49. The van der Waals surface area contributed by atoms with Crippen LogP contribution in [0.15, 0.2) is 12.4 Å². The molecule has 2 saturated heterocycles. The molecule has 8 heteroatoms. The van der Waals surface area contributed by atoms with Crippen LogP contribution < -0.4 is 5.32 Å². The van der Waals surface area contributed by atoms with Gasteiger partial charge in [0.25, 0.3) is 0 Å². The van der Waals surface area contributed by atoms with Crippen molar-refractivity contribution in [3.8, 4) is 0 Å². The minimum atomic E-state index is 0.222. The minimum Gasteiger partial charge on any atom is -0.379 e. The van der Waals surface area contributed by atoms with Crippen LogP contribution >= 0.6 is 0 Å². The highest BCUT2D eigenvalue weighted by Gasteiger charge is 2.27. The molecule has 0 aliphatic carbocycles. The molecule has 2 fully saturated rings. The van der Waals surface area contributed by atoms with E-state index < -0.39 is 0 Å². The first-order valence-corrected chi connectivity index (χ1v) is 9.75. The van der Waals surface area contributed by atoms with Crippen LogP contribution in [0.5, 0.6) is 0 Å². The van der Waals surface area contributed by atoms with E-state index in [1.807, 2.05) is 9.80 Å². The molecule has 26 heavy (non-hydrogen) atoms. The van der Waals surface area contributed by atoms with Crippen molar-refractivity contribution in [2.24, 2.45) is 0 Å². The molecule has 4 rings (SSSR count). The highest BCUT2D eigenvalue weighted by atomic mass is 16.2. The highest BCUT2D eigenvalue weighted by Crippen LogP contribution is 2.22. The Balaban J connectivity index is 1.38. The summed E-state index contributed by atoms with van der Waals surface area (Å²) in [6.07, 6.45) is 7.93. The van der Waals surface area contributed by atoms with Gasteiger partial charge >= 0.3 is 6.03 Å². The number of rotatable bonds is 3. The number of amides is 2. The summed E-state index contributed by atoms with van der Waals surface area (Å²) in [6.45, 7) is 5.54. The van der Waals surface area contributed by atoms with Gasteiger partial charge in [0.1, 0.15) is 6.33 Å². The third-order valence-corrected chi connectivity index (χ3v) is 5.43. The fourth-order valence-corrected chi connectivity index (χ4v) is 3.88. The van der Waals surface area contributed by atoms with E-state index in [1.165, 1.54) is 6.42 Å². The molecule has 2 aliphatic heterocycles. The van der Waals surface area contributed by atoms with Gasteiger partial charge in [-0.3, -0.25) is 0 Å². The van der Waals surface area contributed by atoms with Crippen molar-refractivity contribution >= 4 is 17.4 Å². The molecule has 0 saturated carbocycles. The van der Waals surface area contributed by atoms with Crippen LogP contribution in [0.25, 0.3) is 5.65 Å². The second-order valence-electron chi connectivity index (χ2n) is 7.24. The van der Waals surface area contributed by atoms with Crippen molar-refractivity contribution in [3.63, 3.8) is 0 Å². The summed E-state index contributed by atoms with van der Waals surface area (Å²) in [7, 11) is 0. The number of anilines is 1. The second-order valence-corrected chi connectivity index (χ2v) is 7.24. The molecule has 140 valence electrons. The molecule has 2 aromatic heterocycles. The van der Waals surface area contributed by atoms with Gasteiger partial charge in [0, 0.05) is 32.2 Å². The Kier molecular flexibility index (Phi) is 4.90. The van der Waals surface area contributed by atoms with E-state index in [2.05, 4.69) is 33.6 Å². The number of aromatic nitrogens is 4. The van der Waals surface area contributed by atoms with Crippen LogP contribution in [-0.2, 0) is 6.42 Å². The van der Waals surface area contributed by atoms with Gasteiger partial charge in [0.05, 0.1) is 11.4 Å². The van der Waals surface area contributed by atoms with Gasteiger partial charge in [-0.15, -0.1) is 10.2 Å². The van der Waals surface area contributed by atoms with Crippen molar-refractivity contribution < 1.29 is 4.79 Å². The molecule has 8 nitrogen and oxygen atoms in total. The second kappa shape index (κ2) is 7.47. The summed E-state index contributed by atoms with van der Waals surface area (Å²) >= 11 is 0. The quantitative estimate of drug-likeness (QED) is 0.911. The fraction of sp³-hybridized carbons (Fsp3) is 0.667. The summed E-state index contributed by atoms with van der Waals surface area (Å²) < 4.78 is 1.73. The molecule has 1 N–H and O–H groups in total. The fourth-order valence-electron chi connectivity index (χ4n) is 3.88. The Morgan fingerprint density at radius 1 is 1.15 bits per heavy atom. The Bertz CT molecular complexity index is 760. The lowest BCUT2D eigenvalue weighted by molar-refractivity contribution is 0.133. The first kappa shape index (κ1) is 17.1. The Labute approximate surface area is 153 Å². The summed E-state index contributed by atoms with van der Waals surface area (Å²) in [5, 5.41) is 16.2. The number of carbonyl (C=O) groups excluding carboxylic acids is 1. The predicted molar refractivity (Wildman–Crippen MR) is 99.2 cm³/mol. The van der Waals surface area contributed by atoms with Crippen molar-refractivity contribution in [1.82, 2.24) is 29.6 Å². The SMILES string of the molecule is CCc1cc(NC2CCN(C(=O)N3CCCCC3)CC2)c2nncn2n1. The van der Waals surface area contributed by atoms with Crippen molar-refractivity contribution in [3.05, 3.63) is 18.1 Å². The van der Waals surface area contributed by atoms with Gasteiger partial charge in [-0.05, 0) is 44.6 Å². The normalized spacial score (nSPS) is 19.1. The van der Waals surface area contributed by atoms with Crippen LogP contribution in [0.3, 0.4) is 0 Å². The average Bonchev–Trinajstić information content (AvgIpc) is 3.17. The maximum Gasteiger partial charge on any atom is 0.319 e. The monoisotopic (exact) mass is 357 g/mol. The van der Waals surface area contributed by atoms with Gasteiger partial charge in [-0.25, -0.2) is 4.79 Å². The Morgan fingerprint density at radius 3 is 2.62 bits per heavy atom. The van der Waals surface area contributed by atoms with E-state index in [1.54, 1.807) is 10.8 Å². The predicted octanol–water partition coefficient (Wildman–Crippen LogP) is 2.17. The maximum atomic E-state index is 12.6. The van der Waals surface area contributed by atoms with E-state index in [4.69, 9.17) is 0 Å². The number of likely N-dealkylation sites (tertiary alicyclic amines) is 2. The van der Waals surface area contributed by atoms with E-state index in [0.29, 0.717) is 6.04 Å². The largest absolute Gasteiger partial charge is 0.379 e. The lowest BCUT2D eigenvalue weighted by atomic mass is 10.0. The number of nitrogens with zero attached hydrogens (tertiary/aromatic N) is 6. The summed E-state index contributed by atoms with van der Waals surface area (Å²) in [5.41, 5.74) is 2.75. The standard InChI is InChI=1S/C18H27N7O/c1-2-14-12-16(17-21-19-13-25(17)22-14)20-15-6-10-24(11-7-15)18(26)23-8-4-3-5-9-23/h12-13,15,20H,2-11H2,1H3. The molecule has 0 spiro atoms. The first-order chi connectivity index (χ1) is 12.7. The number of carbonyl (C=O) groups is 1. The number of urea groups is 1. The topological polar surface area (TPSA) is 78.7 Å². The van der Waals surface area contributed by atoms with Crippen molar-refractivity contribution in [1.29, 1.82) is 0 Å². The number of hydrogen-bond donors (Lipinski definition) is 1. The highest BCUT2D eigenvalue weighted by molar-refractivity contribution is 5.74. The van der Waals surface area contributed by atoms with Crippen LogP contribution in [0.4, 0.5) is 10.5 Å². The van der Waals surface area contributed by atoms with Crippen molar-refractivity contribution in [2.45, 2.75) is 51.5 Å². The molecule has 0 aromatic carbocycles. The smallest absolute Gasteiger partial charge is 0.319 e. The summed E-state index contributed by atoms with van der Waals surface area (Å²) in [6, 6.07) is 2.63. The molecule has 2 aliphatic rings. The minimum absolute atomic E-state index is 0.222. The van der Waals surface area contributed by atoms with E-state index in [0.717, 1.165) is 75.3 Å². The Morgan fingerprint density at radius 2 is 1.88 bits per heavy atom. The third kappa shape index (κ3) is 3.45. The van der Waals surface area contributed by atoms with Crippen LogP contribution in [-0.4, -0.2) is 67.9 Å². The number of piperidine rings is 2. The third-order valence-electron chi connectivity index (χ3n) is 5.43. The number of aryl methyl sites for hydroxylation is 1. The van der Waals surface area contributed by atoms with Gasteiger partial charge in [-0.1, -0.05) is 6.92 Å². The Hall–Kier alpha value is -2.38. The zero-order valence-corrected chi connectivity index (χ0v) is 15.4. The van der Waals surface area contributed by atoms with E-state index >= 15 is 0 Å². The zero-order chi connectivity index (χ0) is 17.9. The van der Waals surface area contributed by atoms with E-state index in [9.17, 15) is 4.79 Å². The van der Waals surface area contributed by atoms with Crippen molar-refractivity contribution in [2.75, 3.05) is 31.5 Å². The molecule has 0 bridgehead atoms. The zero-order valence-electron chi connectivity index (χ0n) is 15.4. The van der Waals surface area contributed by atoms with Crippen LogP contribution in [0, 0.1) is 0 Å². The van der Waals surface area contributed by atoms with Gasteiger partial charge in [0.15, 0.2) is 0 Å². The molecular formula is C18H27N7O. The van der Waals surface area contributed by atoms with Gasteiger partial charge in [0.2, 0.25) is 5.65 Å². The van der Waals surface area contributed by atoms with Gasteiger partial charge in [-0.2, -0.15) is 9.61 Å². The molecule has 2 aromatic rings. The number of fused-ring (bicyclic) bond motifs is 1. The van der Waals surface area contributed by atoms with Crippen LogP contribution in [0.1, 0.15) is 44.7 Å². The number of nitrogens with one attached hydrogen (secondary N) is 1. The molecule has 2 amide bonds. The van der Waals surface area contributed by atoms with Gasteiger partial charge < -0.3 is 15.1 Å². The molecule has 0 radical (unpaired) electrons. The van der Waals surface area contributed by atoms with E-state index in [-0.39, 0.29) is 6.03 Å². The lowest BCUT2D eigenvalue weighted by Gasteiger charge is -2.37. The molecular weight excluding hydrogens is 330 g/mol. The maximum absolute atomic E-state index is 12.6. The first-order valence-electron chi connectivity index (χ1n) is 9.75. The summed E-state index contributed by atoms with van der Waals surface area (Å²) in [4.78, 5) is 16.7. The molecule has 4 heterocycles. The average molecular weight is 357 g/mol. The van der Waals surface area contributed by atoms with Crippen LogP contribution in [0.2, 0.25) is 0 Å². The molecule has 0 unspecified atom stereocenters. The summed E-state index contributed by atoms with van der Waals surface area (Å²) in [5.74, 6) is 0. The number of hydrogen-bond acceptors (Lipinski definition) is 5. The molecule has 0 atom stereocenters.